The quantitative estimate of drug-likeness (QED) is 0.415. The van der Waals surface area contributed by atoms with E-state index in [1.54, 1.807) is 18.2 Å². The van der Waals surface area contributed by atoms with Gasteiger partial charge in [-0.05, 0) is 30.3 Å². The highest BCUT2D eigenvalue weighted by Gasteiger charge is 2.21. The Morgan fingerprint density at radius 3 is 2.62 bits per heavy atom. The second-order valence-corrected chi connectivity index (χ2v) is 4.24. The Balaban J connectivity index is 1.98. The lowest BCUT2D eigenvalue weighted by molar-refractivity contribution is -0.402. The summed E-state index contributed by atoms with van der Waals surface area (Å²) < 4.78 is 15.4. The topological polar surface area (TPSA) is 95.7 Å². The number of hydrogen-bond donors (Lipinski definition) is 0. The normalized spacial score (nSPS) is 10.7. The molecule has 0 aliphatic carbocycles. The largest absolute Gasteiger partial charge is 0.497 e. The summed E-state index contributed by atoms with van der Waals surface area (Å²) in [5.74, 6) is -0.513. The van der Waals surface area contributed by atoms with Gasteiger partial charge in [0.05, 0.1) is 13.2 Å². The fourth-order valence-electron chi connectivity index (χ4n) is 1.93. The van der Waals surface area contributed by atoms with Crippen LogP contribution in [0.1, 0.15) is 16.3 Å². The maximum absolute atomic E-state index is 12.2. The number of hydrogen-bond acceptors (Lipinski definition) is 6. The van der Waals surface area contributed by atoms with Gasteiger partial charge in [0.15, 0.2) is 11.5 Å². The smallest absolute Gasteiger partial charge is 0.433 e. The lowest BCUT2D eigenvalue weighted by atomic mass is 10.2. The summed E-state index contributed by atoms with van der Waals surface area (Å²) in [4.78, 5) is 22.0. The third kappa shape index (κ3) is 2.25. The van der Waals surface area contributed by atoms with Gasteiger partial charge < -0.3 is 13.6 Å². The van der Waals surface area contributed by atoms with Crippen LogP contribution < -0.4 is 4.74 Å². The maximum Gasteiger partial charge on any atom is 0.433 e. The van der Waals surface area contributed by atoms with Crippen LogP contribution in [-0.2, 0) is 0 Å². The number of carbonyl (C=O) groups excluding carboxylic acids is 1. The van der Waals surface area contributed by atoms with Crippen molar-refractivity contribution in [3.05, 3.63) is 58.0 Å². The Bertz CT molecular complexity index is 844. The van der Waals surface area contributed by atoms with Crippen LogP contribution in [0.15, 0.2) is 45.2 Å². The van der Waals surface area contributed by atoms with Crippen LogP contribution in [0.25, 0.3) is 11.0 Å². The first-order valence-electron chi connectivity index (χ1n) is 5.95. The van der Waals surface area contributed by atoms with Crippen molar-refractivity contribution in [2.24, 2.45) is 0 Å². The highest BCUT2D eigenvalue weighted by Crippen LogP contribution is 2.26. The van der Waals surface area contributed by atoms with Crippen molar-refractivity contribution in [3.63, 3.8) is 0 Å². The summed E-state index contributed by atoms with van der Waals surface area (Å²) in [5.41, 5.74) is 0.514. The van der Waals surface area contributed by atoms with Crippen molar-refractivity contribution in [2.75, 3.05) is 7.11 Å². The molecule has 3 aromatic rings. The minimum absolute atomic E-state index is 0.0440. The van der Waals surface area contributed by atoms with Gasteiger partial charge in [0, 0.05) is 5.39 Å². The molecule has 0 atom stereocenters. The molecule has 2 heterocycles. The van der Waals surface area contributed by atoms with E-state index in [2.05, 4.69) is 0 Å². The molecule has 0 amide bonds. The lowest BCUT2D eigenvalue weighted by Gasteiger charge is -1.96. The van der Waals surface area contributed by atoms with Gasteiger partial charge in [-0.3, -0.25) is 14.9 Å². The van der Waals surface area contributed by atoms with Crippen LogP contribution in [0.5, 0.6) is 5.75 Å². The summed E-state index contributed by atoms with van der Waals surface area (Å²) in [5, 5.41) is 11.2. The van der Waals surface area contributed by atoms with E-state index in [9.17, 15) is 14.9 Å². The molecule has 0 aliphatic rings. The Hall–Kier alpha value is -3.09. The number of nitrogens with zero attached hydrogens (tertiary/aromatic N) is 1. The zero-order chi connectivity index (χ0) is 15.0. The second-order valence-electron chi connectivity index (χ2n) is 4.24. The Morgan fingerprint density at radius 2 is 1.95 bits per heavy atom. The minimum Gasteiger partial charge on any atom is -0.497 e. The number of fused-ring (bicyclic) bond motifs is 1. The molecule has 7 heteroatoms. The van der Waals surface area contributed by atoms with Crippen LogP contribution in [-0.4, -0.2) is 17.8 Å². The standard InChI is InChI=1S/C14H9NO6/c1-19-9-2-3-10-8(6-9)7-12(20-10)14(16)11-4-5-13(21-11)15(17)18/h2-7H,1H3. The Kier molecular flexibility index (Phi) is 2.94. The molecular weight excluding hydrogens is 278 g/mol. The molecule has 2 aromatic heterocycles. The number of nitro groups is 1. The highest BCUT2D eigenvalue weighted by atomic mass is 16.6. The van der Waals surface area contributed by atoms with Crippen molar-refractivity contribution < 1.29 is 23.3 Å². The summed E-state index contributed by atoms with van der Waals surface area (Å²) in [7, 11) is 1.54. The molecule has 3 rings (SSSR count). The molecule has 0 radical (unpaired) electrons. The molecule has 0 saturated heterocycles. The molecule has 0 spiro atoms. The predicted octanol–water partition coefficient (Wildman–Crippen LogP) is 3.17. The average Bonchev–Trinajstić information content (AvgIpc) is 3.12. The van der Waals surface area contributed by atoms with Crippen molar-refractivity contribution in [3.8, 4) is 5.75 Å². The number of rotatable bonds is 4. The summed E-state index contributed by atoms with van der Waals surface area (Å²) in [6.07, 6.45) is 0. The first kappa shape index (κ1) is 12.9. The van der Waals surface area contributed by atoms with Gasteiger partial charge in [-0.1, -0.05) is 0 Å². The van der Waals surface area contributed by atoms with Gasteiger partial charge in [0.25, 0.3) is 5.78 Å². The fourth-order valence-corrected chi connectivity index (χ4v) is 1.93. The first-order valence-corrected chi connectivity index (χ1v) is 5.95. The van der Waals surface area contributed by atoms with Crippen molar-refractivity contribution in [1.29, 1.82) is 0 Å². The van der Waals surface area contributed by atoms with Crippen LogP contribution >= 0.6 is 0 Å². The Morgan fingerprint density at radius 1 is 1.14 bits per heavy atom. The van der Waals surface area contributed by atoms with Gasteiger partial charge in [0.2, 0.25) is 0 Å². The second kappa shape index (κ2) is 4.78. The number of furan rings is 2. The molecule has 0 aliphatic heterocycles. The van der Waals surface area contributed by atoms with Crippen molar-refractivity contribution >= 4 is 22.6 Å². The summed E-state index contributed by atoms with van der Waals surface area (Å²) >= 11 is 0. The molecule has 0 fully saturated rings. The fraction of sp³-hybridized carbons (Fsp3) is 0.0714. The molecule has 7 nitrogen and oxygen atoms in total. The molecular formula is C14H9NO6. The van der Waals surface area contributed by atoms with E-state index in [0.29, 0.717) is 16.7 Å². The molecule has 21 heavy (non-hydrogen) atoms. The Labute approximate surface area is 117 Å². The SMILES string of the molecule is COc1ccc2oc(C(=O)c3ccc([N+](=O)[O-])o3)cc2c1. The minimum atomic E-state index is -0.708. The van der Waals surface area contributed by atoms with Gasteiger partial charge in [-0.15, -0.1) is 0 Å². The predicted molar refractivity (Wildman–Crippen MR) is 71.6 cm³/mol. The molecule has 0 saturated carbocycles. The third-order valence-electron chi connectivity index (χ3n) is 2.94. The van der Waals surface area contributed by atoms with E-state index >= 15 is 0 Å². The zero-order valence-corrected chi connectivity index (χ0v) is 10.9. The number of methoxy groups -OCH3 is 1. The van der Waals surface area contributed by atoms with Crippen molar-refractivity contribution in [2.45, 2.75) is 0 Å². The third-order valence-corrected chi connectivity index (χ3v) is 2.94. The average molecular weight is 287 g/mol. The molecule has 0 bridgehead atoms. The van der Waals surface area contributed by atoms with Gasteiger partial charge >= 0.3 is 5.88 Å². The highest BCUT2D eigenvalue weighted by molar-refractivity contribution is 6.07. The molecule has 0 N–H and O–H groups in total. The number of carbonyl (C=O) groups is 1. The van der Waals surface area contributed by atoms with Crippen LogP contribution in [0.2, 0.25) is 0 Å². The van der Waals surface area contributed by atoms with E-state index in [1.165, 1.54) is 19.2 Å². The monoisotopic (exact) mass is 287 g/mol. The zero-order valence-electron chi connectivity index (χ0n) is 10.9. The number of benzene rings is 1. The van der Waals surface area contributed by atoms with Crippen molar-refractivity contribution in [1.82, 2.24) is 0 Å². The van der Waals surface area contributed by atoms with E-state index < -0.39 is 16.6 Å². The maximum atomic E-state index is 12.2. The van der Waals surface area contributed by atoms with Gasteiger partial charge in [-0.2, -0.15) is 0 Å². The molecule has 106 valence electrons. The van der Waals surface area contributed by atoms with Crippen LogP contribution in [0.4, 0.5) is 5.88 Å². The first-order chi connectivity index (χ1) is 10.1. The summed E-state index contributed by atoms with van der Waals surface area (Å²) in [6, 6.07) is 9.01. The van der Waals surface area contributed by atoms with E-state index in [1.807, 2.05) is 0 Å². The molecule has 0 unspecified atom stereocenters. The van der Waals surface area contributed by atoms with Crippen LogP contribution in [0.3, 0.4) is 0 Å². The van der Waals surface area contributed by atoms with Gasteiger partial charge in [0.1, 0.15) is 16.3 Å². The summed E-state index contributed by atoms with van der Waals surface area (Å²) in [6.45, 7) is 0. The van der Waals surface area contributed by atoms with E-state index in [0.717, 1.165) is 6.07 Å². The van der Waals surface area contributed by atoms with Gasteiger partial charge in [-0.25, -0.2) is 0 Å². The van der Waals surface area contributed by atoms with E-state index in [4.69, 9.17) is 13.6 Å². The van der Waals surface area contributed by atoms with E-state index in [-0.39, 0.29) is 11.5 Å². The number of ketones is 1. The molecule has 1 aromatic carbocycles. The van der Waals surface area contributed by atoms with Crippen LogP contribution in [0, 0.1) is 10.1 Å². The number of ether oxygens (including phenoxy) is 1. The lowest BCUT2D eigenvalue weighted by Crippen LogP contribution is -1.97.